The number of sulfone groups is 1. The molecule has 0 amide bonds. The molecule has 1 aromatic carbocycles. The summed E-state index contributed by atoms with van der Waals surface area (Å²) in [5.74, 6) is -3.00. The monoisotopic (exact) mass is 256 g/mol. The van der Waals surface area contributed by atoms with E-state index in [1.165, 1.54) is 19.1 Å². The van der Waals surface area contributed by atoms with Gasteiger partial charge in [-0.2, -0.15) is 0 Å². The Balaban J connectivity index is 2.71. The van der Waals surface area contributed by atoms with E-state index in [0.29, 0.717) is 0 Å². The summed E-state index contributed by atoms with van der Waals surface area (Å²) in [5, 5.41) is 9.71. The third kappa shape index (κ3) is 1.74. The minimum Gasteiger partial charge on any atom is -0.481 e. The van der Waals surface area contributed by atoms with Gasteiger partial charge in [-0.3, -0.25) is 4.79 Å². The van der Waals surface area contributed by atoms with E-state index in [1.807, 2.05) is 0 Å². The van der Waals surface area contributed by atoms with E-state index in [-0.39, 0.29) is 11.1 Å². The maximum Gasteiger partial charge on any atom is 0.310 e. The first-order valence-electron chi connectivity index (χ1n) is 4.83. The molecule has 0 aliphatic carbocycles. The van der Waals surface area contributed by atoms with E-state index in [2.05, 4.69) is 0 Å². The third-order valence-corrected chi connectivity index (χ3v) is 4.23. The highest BCUT2D eigenvalue weighted by molar-refractivity contribution is 7.95. The van der Waals surface area contributed by atoms with E-state index in [0.717, 1.165) is 11.5 Å². The predicted octanol–water partition coefficient (Wildman–Crippen LogP) is 1.67. The highest BCUT2D eigenvalue weighted by atomic mass is 32.2. The van der Waals surface area contributed by atoms with Crippen LogP contribution in [-0.2, 0) is 14.6 Å². The summed E-state index contributed by atoms with van der Waals surface area (Å²) in [5.41, 5.74) is 0.256. The molecule has 4 nitrogen and oxygen atoms in total. The van der Waals surface area contributed by atoms with Crippen LogP contribution in [0.4, 0.5) is 4.39 Å². The minimum atomic E-state index is -3.86. The Hall–Kier alpha value is -1.69. The van der Waals surface area contributed by atoms with E-state index >= 15 is 0 Å². The Kier molecular flexibility index (Phi) is 2.54. The van der Waals surface area contributed by atoms with Gasteiger partial charge < -0.3 is 5.11 Å². The van der Waals surface area contributed by atoms with Crippen molar-refractivity contribution >= 4 is 21.4 Å². The standard InChI is InChI=1S/C11H9FO4S/c1-6(11(13)14)8-5-17(15,16)10-7(8)3-2-4-9(10)12/h2-6H,1H3,(H,13,14). The fraction of sp³-hybridized carbons (Fsp3) is 0.182. The second-order valence-corrected chi connectivity index (χ2v) is 5.53. The molecule has 2 rings (SSSR count). The largest absolute Gasteiger partial charge is 0.481 e. The molecule has 0 fully saturated rings. The number of fused-ring (bicyclic) bond motifs is 1. The summed E-state index contributed by atoms with van der Waals surface area (Å²) < 4.78 is 36.9. The molecule has 0 aromatic heterocycles. The number of benzene rings is 1. The highest BCUT2D eigenvalue weighted by Crippen LogP contribution is 2.38. The van der Waals surface area contributed by atoms with Gasteiger partial charge in [-0.1, -0.05) is 12.1 Å². The lowest BCUT2D eigenvalue weighted by atomic mass is 9.96. The van der Waals surface area contributed by atoms with Crippen LogP contribution in [0.1, 0.15) is 12.5 Å². The summed E-state index contributed by atoms with van der Waals surface area (Å²) >= 11 is 0. The van der Waals surface area contributed by atoms with Gasteiger partial charge in [0, 0.05) is 11.0 Å². The lowest BCUT2D eigenvalue weighted by Gasteiger charge is -2.08. The minimum absolute atomic E-state index is 0.118. The smallest absolute Gasteiger partial charge is 0.310 e. The van der Waals surface area contributed by atoms with Crippen molar-refractivity contribution in [3.63, 3.8) is 0 Å². The number of carboxylic acids is 1. The number of hydrogen-bond acceptors (Lipinski definition) is 3. The van der Waals surface area contributed by atoms with Gasteiger partial charge in [-0.15, -0.1) is 0 Å². The number of hydrogen-bond donors (Lipinski definition) is 1. The molecule has 0 radical (unpaired) electrons. The molecule has 0 bridgehead atoms. The Morgan fingerprint density at radius 3 is 2.65 bits per heavy atom. The zero-order valence-electron chi connectivity index (χ0n) is 8.84. The van der Waals surface area contributed by atoms with Crippen molar-refractivity contribution in [3.8, 4) is 0 Å². The number of carboxylic acid groups (broad SMARTS) is 1. The Bertz CT molecular complexity index is 631. The lowest BCUT2D eigenvalue weighted by Crippen LogP contribution is -2.10. The fourth-order valence-electron chi connectivity index (χ4n) is 1.78. The molecule has 1 aromatic rings. The normalized spacial score (nSPS) is 18.4. The summed E-state index contributed by atoms with van der Waals surface area (Å²) in [6.07, 6.45) is 0. The van der Waals surface area contributed by atoms with Crippen molar-refractivity contribution < 1.29 is 22.7 Å². The van der Waals surface area contributed by atoms with Gasteiger partial charge in [0.15, 0.2) is 0 Å². The fourth-order valence-corrected chi connectivity index (χ4v) is 3.40. The zero-order valence-corrected chi connectivity index (χ0v) is 9.66. The molecule has 1 atom stereocenters. The molecular formula is C11H9FO4S. The average Bonchev–Trinajstić information content (AvgIpc) is 2.51. The maximum atomic E-state index is 13.5. The Morgan fingerprint density at radius 1 is 1.41 bits per heavy atom. The molecule has 0 saturated carbocycles. The quantitative estimate of drug-likeness (QED) is 0.873. The van der Waals surface area contributed by atoms with Crippen LogP contribution in [0.5, 0.6) is 0 Å². The molecule has 0 spiro atoms. The van der Waals surface area contributed by atoms with Gasteiger partial charge in [-0.25, -0.2) is 12.8 Å². The van der Waals surface area contributed by atoms with Crippen LogP contribution in [0.2, 0.25) is 0 Å². The Morgan fingerprint density at radius 2 is 2.06 bits per heavy atom. The van der Waals surface area contributed by atoms with Gasteiger partial charge in [-0.05, 0) is 18.6 Å². The second-order valence-electron chi connectivity index (χ2n) is 3.79. The van der Waals surface area contributed by atoms with Crippen molar-refractivity contribution in [1.29, 1.82) is 0 Å². The van der Waals surface area contributed by atoms with Crippen LogP contribution >= 0.6 is 0 Å². The van der Waals surface area contributed by atoms with Crippen LogP contribution in [0.3, 0.4) is 0 Å². The SMILES string of the molecule is CC(C(=O)O)C1=CS(=O)(=O)c2c(F)cccc21. The van der Waals surface area contributed by atoms with Gasteiger partial charge in [0.05, 0.1) is 5.92 Å². The molecule has 1 heterocycles. The summed E-state index contributed by atoms with van der Waals surface area (Å²) in [6, 6.07) is 3.81. The maximum absolute atomic E-state index is 13.5. The molecular weight excluding hydrogens is 247 g/mol. The molecule has 17 heavy (non-hydrogen) atoms. The Labute approximate surface area is 97.3 Å². The van der Waals surface area contributed by atoms with Gasteiger partial charge in [0.2, 0.25) is 9.84 Å². The topological polar surface area (TPSA) is 71.4 Å². The third-order valence-electron chi connectivity index (χ3n) is 2.68. The number of rotatable bonds is 2. The first-order chi connectivity index (χ1) is 7.84. The van der Waals surface area contributed by atoms with E-state index in [1.54, 1.807) is 0 Å². The number of halogens is 1. The van der Waals surface area contributed by atoms with Crippen LogP contribution in [-0.4, -0.2) is 19.5 Å². The zero-order chi connectivity index (χ0) is 12.8. The molecule has 1 unspecified atom stereocenters. The van der Waals surface area contributed by atoms with Crippen molar-refractivity contribution in [2.24, 2.45) is 5.92 Å². The molecule has 1 aliphatic heterocycles. The van der Waals surface area contributed by atoms with Gasteiger partial charge in [0.25, 0.3) is 0 Å². The van der Waals surface area contributed by atoms with E-state index < -0.39 is 32.4 Å². The second kappa shape index (κ2) is 3.66. The molecule has 1 aliphatic rings. The lowest BCUT2D eigenvalue weighted by molar-refractivity contribution is -0.139. The van der Waals surface area contributed by atoms with Crippen molar-refractivity contribution in [1.82, 2.24) is 0 Å². The van der Waals surface area contributed by atoms with Crippen molar-refractivity contribution in [2.75, 3.05) is 0 Å². The molecule has 90 valence electrons. The molecule has 0 saturated heterocycles. The summed E-state index contributed by atoms with van der Waals surface area (Å²) in [6.45, 7) is 1.36. The summed E-state index contributed by atoms with van der Waals surface area (Å²) in [7, 11) is -3.86. The first-order valence-corrected chi connectivity index (χ1v) is 6.37. The van der Waals surface area contributed by atoms with Gasteiger partial charge in [0.1, 0.15) is 10.7 Å². The van der Waals surface area contributed by atoms with Crippen molar-refractivity contribution in [3.05, 3.63) is 35.0 Å². The number of aliphatic carboxylic acids is 1. The van der Waals surface area contributed by atoms with E-state index in [9.17, 15) is 17.6 Å². The van der Waals surface area contributed by atoms with Crippen LogP contribution < -0.4 is 0 Å². The van der Waals surface area contributed by atoms with Gasteiger partial charge >= 0.3 is 5.97 Å². The predicted molar refractivity (Wildman–Crippen MR) is 58.4 cm³/mol. The molecule has 1 N–H and O–H groups in total. The van der Waals surface area contributed by atoms with Crippen LogP contribution in [0.25, 0.3) is 5.57 Å². The average molecular weight is 256 g/mol. The van der Waals surface area contributed by atoms with Crippen molar-refractivity contribution in [2.45, 2.75) is 11.8 Å². The van der Waals surface area contributed by atoms with Crippen LogP contribution in [0, 0.1) is 11.7 Å². The van der Waals surface area contributed by atoms with Crippen LogP contribution in [0.15, 0.2) is 28.5 Å². The highest BCUT2D eigenvalue weighted by Gasteiger charge is 2.34. The summed E-state index contributed by atoms with van der Waals surface area (Å²) in [4.78, 5) is 10.4. The number of carbonyl (C=O) groups is 1. The first kappa shape index (κ1) is 11.8. The molecule has 6 heteroatoms. The van der Waals surface area contributed by atoms with E-state index in [4.69, 9.17) is 5.11 Å².